The Morgan fingerprint density at radius 1 is 1.41 bits per heavy atom. The van der Waals surface area contributed by atoms with E-state index < -0.39 is 10.8 Å². The molecule has 2 unspecified atom stereocenters. The van der Waals surface area contributed by atoms with E-state index in [4.69, 9.17) is 23.2 Å². The second-order valence-electron chi connectivity index (χ2n) is 3.84. The van der Waals surface area contributed by atoms with Gasteiger partial charge in [0.15, 0.2) is 0 Å². The highest BCUT2D eigenvalue weighted by molar-refractivity contribution is 7.86. The molecule has 1 aromatic rings. The van der Waals surface area contributed by atoms with Crippen molar-refractivity contribution in [2.75, 3.05) is 5.75 Å². The first-order chi connectivity index (χ1) is 7.95. The van der Waals surface area contributed by atoms with Crippen LogP contribution in [0, 0.1) is 5.92 Å². The molecule has 1 aromatic carbocycles. The van der Waals surface area contributed by atoms with Gasteiger partial charge in [0.05, 0.1) is 26.5 Å². The minimum atomic E-state index is -1.42. The third kappa shape index (κ3) is 4.09. The molecule has 0 aliphatic carbocycles. The van der Waals surface area contributed by atoms with Crippen LogP contribution in [0.5, 0.6) is 0 Å². The molecule has 94 valence electrons. The summed E-state index contributed by atoms with van der Waals surface area (Å²) < 4.78 is 12.0. The van der Waals surface area contributed by atoms with Gasteiger partial charge in [-0.25, -0.2) is 0 Å². The van der Waals surface area contributed by atoms with Crippen molar-refractivity contribution in [1.29, 1.82) is 0 Å². The largest absolute Gasteiger partial charge is 0.298 e. The summed E-state index contributed by atoms with van der Waals surface area (Å²) in [5.41, 5.74) is 0. The molecule has 2 atom stereocenters. The van der Waals surface area contributed by atoms with Crippen molar-refractivity contribution in [3.05, 3.63) is 28.2 Å². The lowest BCUT2D eigenvalue weighted by molar-refractivity contribution is -0.119. The van der Waals surface area contributed by atoms with Crippen molar-refractivity contribution in [1.82, 2.24) is 0 Å². The van der Waals surface area contributed by atoms with Crippen LogP contribution in [0.3, 0.4) is 0 Å². The Hall–Kier alpha value is -0.380. The van der Waals surface area contributed by atoms with Crippen molar-refractivity contribution in [3.8, 4) is 0 Å². The fourth-order valence-corrected chi connectivity index (χ4v) is 3.08. The molecule has 0 fully saturated rings. The molecular weight excluding hydrogens is 279 g/mol. The molecule has 1 rings (SSSR count). The molecule has 5 heteroatoms. The van der Waals surface area contributed by atoms with E-state index in [2.05, 4.69) is 0 Å². The molecule has 2 nitrogen and oxygen atoms in total. The standard InChI is InChI=1S/C12H14Cl2O2S/c1-3-8(2)11(15)7-17(16)12-6-9(13)4-5-10(12)14/h4-6,8H,3,7H2,1-2H3. The minimum absolute atomic E-state index is 0.00489. The number of carbonyl (C=O) groups excluding carboxylic acids is 1. The van der Waals surface area contributed by atoms with Gasteiger partial charge in [0.1, 0.15) is 5.78 Å². The summed E-state index contributed by atoms with van der Waals surface area (Å²) in [6.45, 7) is 3.76. The van der Waals surface area contributed by atoms with Gasteiger partial charge in [-0.05, 0) is 24.6 Å². The molecule has 0 saturated heterocycles. The maximum Gasteiger partial charge on any atom is 0.148 e. The SMILES string of the molecule is CCC(C)C(=O)CS(=O)c1cc(Cl)ccc1Cl. The molecule has 0 N–H and O–H groups in total. The van der Waals surface area contributed by atoms with Crippen LogP contribution in [0.25, 0.3) is 0 Å². The fourth-order valence-electron chi connectivity index (χ4n) is 1.23. The number of halogens is 2. The quantitative estimate of drug-likeness (QED) is 0.829. The second kappa shape index (κ2) is 6.53. The number of ketones is 1. The van der Waals surface area contributed by atoms with E-state index in [1.54, 1.807) is 18.2 Å². The van der Waals surface area contributed by atoms with Gasteiger partial charge in [0.2, 0.25) is 0 Å². The smallest absolute Gasteiger partial charge is 0.148 e. The van der Waals surface area contributed by atoms with Gasteiger partial charge in [0, 0.05) is 10.9 Å². The molecular formula is C12H14Cl2O2S. The van der Waals surface area contributed by atoms with Gasteiger partial charge in [-0.2, -0.15) is 0 Å². The van der Waals surface area contributed by atoms with Crippen LogP contribution < -0.4 is 0 Å². The monoisotopic (exact) mass is 292 g/mol. The molecule has 0 bridgehead atoms. The number of Topliss-reactive ketones (excluding diaryl/α,β-unsaturated/α-hetero) is 1. The third-order valence-corrected chi connectivity index (χ3v) is 4.63. The predicted molar refractivity (Wildman–Crippen MR) is 72.2 cm³/mol. The molecule has 0 aromatic heterocycles. The Bertz CT molecular complexity index is 446. The van der Waals surface area contributed by atoms with Crippen LogP contribution >= 0.6 is 23.2 Å². The normalized spacial score (nSPS) is 14.4. The summed E-state index contributed by atoms with van der Waals surface area (Å²) in [4.78, 5) is 12.1. The highest BCUT2D eigenvalue weighted by atomic mass is 35.5. The summed E-state index contributed by atoms with van der Waals surface area (Å²) in [5, 5.41) is 0.846. The number of rotatable bonds is 5. The zero-order valence-corrected chi connectivity index (χ0v) is 12.0. The van der Waals surface area contributed by atoms with Crippen LogP contribution in [0.1, 0.15) is 20.3 Å². The van der Waals surface area contributed by atoms with Crippen molar-refractivity contribution in [2.45, 2.75) is 25.2 Å². The number of carbonyl (C=O) groups is 1. The Morgan fingerprint density at radius 3 is 2.65 bits per heavy atom. The molecule has 0 amide bonds. The van der Waals surface area contributed by atoms with Gasteiger partial charge in [-0.1, -0.05) is 37.0 Å². The van der Waals surface area contributed by atoms with Crippen LogP contribution in [0.4, 0.5) is 0 Å². The Labute approximate surface area is 114 Å². The van der Waals surface area contributed by atoms with E-state index in [-0.39, 0.29) is 17.5 Å². The van der Waals surface area contributed by atoms with Crippen LogP contribution in [-0.2, 0) is 15.6 Å². The summed E-state index contributed by atoms with van der Waals surface area (Å²) in [6.07, 6.45) is 0.749. The molecule has 0 spiro atoms. The molecule has 0 aliphatic rings. The molecule has 17 heavy (non-hydrogen) atoms. The van der Waals surface area contributed by atoms with Gasteiger partial charge < -0.3 is 0 Å². The predicted octanol–water partition coefficient (Wildman–Crippen LogP) is 3.72. The van der Waals surface area contributed by atoms with E-state index in [1.165, 1.54) is 0 Å². The van der Waals surface area contributed by atoms with Crippen LogP contribution in [0.2, 0.25) is 10.0 Å². The van der Waals surface area contributed by atoms with Crippen molar-refractivity contribution < 1.29 is 9.00 Å². The van der Waals surface area contributed by atoms with Gasteiger partial charge in [-0.3, -0.25) is 9.00 Å². The van der Waals surface area contributed by atoms with Crippen molar-refractivity contribution >= 4 is 39.8 Å². The summed E-state index contributed by atoms with van der Waals surface area (Å²) in [7, 11) is -1.42. The first-order valence-corrected chi connectivity index (χ1v) is 7.39. The zero-order valence-electron chi connectivity index (χ0n) is 9.70. The molecule has 0 radical (unpaired) electrons. The van der Waals surface area contributed by atoms with Crippen LogP contribution in [0.15, 0.2) is 23.1 Å². The first kappa shape index (κ1) is 14.7. The van der Waals surface area contributed by atoms with E-state index in [1.807, 2.05) is 13.8 Å². The summed E-state index contributed by atoms with van der Waals surface area (Å²) in [6, 6.07) is 4.76. The first-order valence-electron chi connectivity index (χ1n) is 5.31. The fraction of sp³-hybridized carbons (Fsp3) is 0.417. The highest BCUT2D eigenvalue weighted by Crippen LogP contribution is 2.24. The average molecular weight is 293 g/mol. The number of hydrogen-bond acceptors (Lipinski definition) is 2. The zero-order chi connectivity index (χ0) is 13.0. The van der Waals surface area contributed by atoms with Gasteiger partial charge >= 0.3 is 0 Å². The lowest BCUT2D eigenvalue weighted by Crippen LogP contribution is -2.18. The second-order valence-corrected chi connectivity index (χ2v) is 6.10. The van der Waals surface area contributed by atoms with Gasteiger partial charge in [0.25, 0.3) is 0 Å². The van der Waals surface area contributed by atoms with Crippen LogP contribution in [-0.4, -0.2) is 15.7 Å². The van der Waals surface area contributed by atoms with E-state index in [0.717, 1.165) is 6.42 Å². The maximum absolute atomic E-state index is 12.0. The lowest BCUT2D eigenvalue weighted by Gasteiger charge is -2.08. The summed E-state index contributed by atoms with van der Waals surface area (Å²) in [5.74, 6) is -0.0894. The topological polar surface area (TPSA) is 34.1 Å². The maximum atomic E-state index is 12.0. The Morgan fingerprint density at radius 2 is 2.06 bits per heavy atom. The highest BCUT2D eigenvalue weighted by Gasteiger charge is 2.17. The number of hydrogen-bond donors (Lipinski definition) is 0. The third-order valence-electron chi connectivity index (χ3n) is 2.57. The Kier molecular flexibility index (Phi) is 5.63. The van der Waals surface area contributed by atoms with E-state index in [9.17, 15) is 9.00 Å². The van der Waals surface area contributed by atoms with E-state index in [0.29, 0.717) is 14.9 Å². The minimum Gasteiger partial charge on any atom is -0.298 e. The van der Waals surface area contributed by atoms with Crippen molar-refractivity contribution in [3.63, 3.8) is 0 Å². The van der Waals surface area contributed by atoms with E-state index >= 15 is 0 Å². The lowest BCUT2D eigenvalue weighted by atomic mass is 10.1. The molecule has 0 aliphatic heterocycles. The average Bonchev–Trinajstić information content (AvgIpc) is 2.30. The number of benzene rings is 1. The Balaban J connectivity index is 2.83. The molecule has 0 heterocycles. The van der Waals surface area contributed by atoms with Gasteiger partial charge in [-0.15, -0.1) is 0 Å². The molecule has 0 saturated carbocycles. The van der Waals surface area contributed by atoms with Crippen molar-refractivity contribution in [2.24, 2.45) is 5.92 Å². The summed E-state index contributed by atoms with van der Waals surface area (Å²) >= 11 is 11.7.